The average molecular weight is 563 g/mol. The Morgan fingerprint density at radius 1 is 1.24 bits per heavy atom. The number of methoxy groups -OCH3 is 1. The van der Waals surface area contributed by atoms with Gasteiger partial charge in [0.25, 0.3) is 11.8 Å². The first-order chi connectivity index (χ1) is 19.4. The number of fused-ring (bicyclic) bond motifs is 1. The van der Waals surface area contributed by atoms with Crippen molar-refractivity contribution >= 4 is 29.1 Å². The van der Waals surface area contributed by atoms with E-state index in [-0.39, 0.29) is 30.2 Å². The van der Waals surface area contributed by atoms with E-state index < -0.39 is 29.2 Å². The molecule has 0 radical (unpaired) electrons. The molecular weight excluding hydrogens is 531 g/mol. The summed E-state index contributed by atoms with van der Waals surface area (Å²) in [6.07, 6.45) is 1.90. The van der Waals surface area contributed by atoms with E-state index in [2.05, 4.69) is 15.7 Å². The van der Waals surface area contributed by atoms with Gasteiger partial charge in [0.1, 0.15) is 11.5 Å². The fraction of sp³-hybridized carbons (Fsp3) is 0.345. The van der Waals surface area contributed by atoms with E-state index >= 15 is 4.39 Å². The lowest BCUT2D eigenvalue weighted by molar-refractivity contribution is -0.125. The second-order valence-electron chi connectivity index (χ2n) is 10.4. The van der Waals surface area contributed by atoms with Crippen LogP contribution in [0.4, 0.5) is 9.18 Å². The number of aliphatic imine (C=N–C) groups is 1. The standard InChI is InChI=1S/C29H31FN6O5/c1-14-8-9-20(40-7)24(30)22(14)26(37)35(5)13-29(27(38)32-28(39)33-29)21-11-18-12-31-19(10-15(2)25(18)41-21)23-16(3)34-36(6)17(23)4/h8-11H,12-13H2,1-7H3,(H2,32,33,38,39)/t29-/m0/s1. The van der Waals surface area contributed by atoms with Crippen molar-refractivity contribution in [2.24, 2.45) is 12.0 Å². The topological polar surface area (TPSA) is 131 Å². The van der Waals surface area contributed by atoms with Crippen LogP contribution < -0.4 is 15.4 Å². The van der Waals surface area contributed by atoms with Crippen molar-refractivity contribution in [1.82, 2.24) is 25.3 Å². The summed E-state index contributed by atoms with van der Waals surface area (Å²) in [5.41, 5.74) is 3.47. The van der Waals surface area contributed by atoms with Crippen molar-refractivity contribution < 1.29 is 27.9 Å². The molecule has 0 aliphatic carbocycles. The molecule has 2 aromatic heterocycles. The highest BCUT2D eigenvalue weighted by atomic mass is 19.1. The number of hydrogen-bond acceptors (Lipinski definition) is 7. The zero-order valence-electron chi connectivity index (χ0n) is 23.9. The number of carbonyl (C=O) groups excluding carboxylic acids is 3. The number of allylic oxidation sites excluding steroid dienone is 2. The van der Waals surface area contributed by atoms with E-state index in [1.807, 2.05) is 33.9 Å². The van der Waals surface area contributed by atoms with Gasteiger partial charge in [-0.1, -0.05) is 6.07 Å². The molecule has 11 nitrogen and oxygen atoms in total. The molecule has 4 amide bonds. The van der Waals surface area contributed by atoms with Gasteiger partial charge in [0.05, 0.1) is 37.2 Å². The Kier molecular flexibility index (Phi) is 6.80. The maximum atomic E-state index is 15.1. The Balaban J connectivity index is 1.51. The summed E-state index contributed by atoms with van der Waals surface area (Å²) in [4.78, 5) is 45.1. The molecule has 41 heavy (non-hydrogen) atoms. The highest BCUT2D eigenvalue weighted by molar-refractivity contribution is 6.14. The van der Waals surface area contributed by atoms with E-state index in [9.17, 15) is 14.4 Å². The lowest BCUT2D eigenvalue weighted by Gasteiger charge is -2.29. The SMILES string of the molecule is COc1ccc(C)c(C(=O)N(C)C[C@@]2(c3cc4c(o3)C(C)=CC(c3c(C)nn(C)c3C)=NC4)NC(=O)NC2=O)c1F. The number of aromatic nitrogens is 2. The molecule has 1 saturated heterocycles. The lowest BCUT2D eigenvalue weighted by atomic mass is 9.94. The van der Waals surface area contributed by atoms with Crippen LogP contribution in [0.15, 0.2) is 33.7 Å². The van der Waals surface area contributed by atoms with E-state index in [1.165, 1.54) is 25.1 Å². The fourth-order valence-corrected chi connectivity index (χ4v) is 5.42. The summed E-state index contributed by atoms with van der Waals surface area (Å²) in [7, 11) is 4.61. The van der Waals surface area contributed by atoms with E-state index in [4.69, 9.17) is 14.1 Å². The number of ether oxygens (including phenoxy) is 1. The first-order valence-corrected chi connectivity index (χ1v) is 13.0. The summed E-state index contributed by atoms with van der Waals surface area (Å²) in [5, 5.41) is 9.38. The molecule has 12 heteroatoms. The van der Waals surface area contributed by atoms with E-state index in [0.717, 1.165) is 28.2 Å². The van der Waals surface area contributed by atoms with Gasteiger partial charge in [0.15, 0.2) is 17.1 Å². The van der Waals surface area contributed by atoms with Gasteiger partial charge in [-0.25, -0.2) is 9.18 Å². The van der Waals surface area contributed by atoms with Crippen LogP contribution in [0.25, 0.3) is 5.57 Å². The van der Waals surface area contributed by atoms with Gasteiger partial charge < -0.3 is 19.4 Å². The molecule has 1 atom stereocenters. The number of hydrogen-bond donors (Lipinski definition) is 2. The number of aryl methyl sites for hydroxylation is 3. The zero-order valence-corrected chi connectivity index (χ0v) is 23.9. The number of halogens is 1. The lowest BCUT2D eigenvalue weighted by Crippen LogP contribution is -2.53. The number of urea groups is 1. The number of imide groups is 1. The van der Waals surface area contributed by atoms with Crippen molar-refractivity contribution in [2.45, 2.75) is 39.8 Å². The second kappa shape index (κ2) is 10.0. The summed E-state index contributed by atoms with van der Waals surface area (Å²) in [6, 6.07) is 3.94. The third-order valence-electron chi connectivity index (χ3n) is 7.64. The molecule has 214 valence electrons. The largest absolute Gasteiger partial charge is 0.494 e. The minimum absolute atomic E-state index is 0.0809. The third-order valence-corrected chi connectivity index (χ3v) is 7.64. The van der Waals surface area contributed by atoms with Crippen LogP contribution in [0.5, 0.6) is 5.75 Å². The molecule has 2 aliphatic heterocycles. The number of nitrogens with one attached hydrogen (secondary N) is 2. The third kappa shape index (κ3) is 4.48. The second-order valence-corrected chi connectivity index (χ2v) is 10.4. The Morgan fingerprint density at radius 3 is 2.59 bits per heavy atom. The van der Waals surface area contributed by atoms with Gasteiger partial charge in [0.2, 0.25) is 0 Å². The number of carbonyl (C=O) groups is 3. The smallest absolute Gasteiger partial charge is 0.322 e. The zero-order chi connectivity index (χ0) is 29.8. The Hall–Kier alpha value is -4.74. The number of likely N-dealkylation sites (N-methyl/N-ethyl adjacent to an activating group) is 1. The van der Waals surface area contributed by atoms with Gasteiger partial charge in [0, 0.05) is 30.9 Å². The minimum atomic E-state index is -1.75. The van der Waals surface area contributed by atoms with Crippen molar-refractivity contribution in [3.63, 3.8) is 0 Å². The number of furan rings is 1. The van der Waals surface area contributed by atoms with Crippen LogP contribution >= 0.6 is 0 Å². The number of benzene rings is 1. The molecule has 4 heterocycles. The molecule has 2 N–H and O–H groups in total. The quantitative estimate of drug-likeness (QED) is 0.444. The summed E-state index contributed by atoms with van der Waals surface area (Å²) in [6.45, 7) is 7.31. The van der Waals surface area contributed by atoms with Crippen molar-refractivity contribution in [3.8, 4) is 5.75 Å². The Morgan fingerprint density at radius 2 is 1.98 bits per heavy atom. The highest BCUT2D eigenvalue weighted by Crippen LogP contribution is 2.35. The van der Waals surface area contributed by atoms with Gasteiger partial charge >= 0.3 is 6.03 Å². The molecule has 0 spiro atoms. The van der Waals surface area contributed by atoms with Crippen molar-refractivity contribution in [1.29, 1.82) is 0 Å². The van der Waals surface area contributed by atoms with Gasteiger partial charge in [-0.3, -0.25) is 24.6 Å². The van der Waals surface area contributed by atoms with Crippen LogP contribution in [0.1, 0.15) is 56.9 Å². The first kappa shape index (κ1) is 27.8. The van der Waals surface area contributed by atoms with Gasteiger partial charge in [-0.15, -0.1) is 0 Å². The highest BCUT2D eigenvalue weighted by Gasteiger charge is 2.52. The molecule has 2 aliphatic rings. The molecule has 3 aromatic rings. The molecule has 0 bridgehead atoms. The average Bonchev–Trinajstić information content (AvgIpc) is 3.51. The molecule has 0 saturated carbocycles. The van der Waals surface area contributed by atoms with Crippen LogP contribution in [-0.2, 0) is 23.9 Å². The summed E-state index contributed by atoms with van der Waals surface area (Å²) < 4.78 is 28.2. The number of nitrogens with zero attached hydrogens (tertiary/aromatic N) is 4. The van der Waals surface area contributed by atoms with Gasteiger partial charge in [-0.2, -0.15) is 5.10 Å². The number of amides is 4. The van der Waals surface area contributed by atoms with Crippen LogP contribution in [0.2, 0.25) is 0 Å². The molecule has 1 fully saturated rings. The maximum Gasteiger partial charge on any atom is 0.322 e. The summed E-state index contributed by atoms with van der Waals surface area (Å²) in [5.74, 6) is -1.63. The van der Waals surface area contributed by atoms with Crippen LogP contribution in [0, 0.1) is 26.6 Å². The monoisotopic (exact) mass is 562 g/mol. The maximum absolute atomic E-state index is 15.1. The predicted octanol–water partition coefficient (Wildman–Crippen LogP) is 3.30. The van der Waals surface area contributed by atoms with Crippen LogP contribution in [0.3, 0.4) is 0 Å². The Bertz CT molecular complexity index is 1680. The number of rotatable bonds is 6. The fourth-order valence-electron chi connectivity index (χ4n) is 5.42. The van der Waals surface area contributed by atoms with Gasteiger partial charge in [-0.05, 0) is 57.0 Å². The normalized spacial score (nSPS) is 18.2. The van der Waals surface area contributed by atoms with Crippen LogP contribution in [-0.4, -0.2) is 58.9 Å². The van der Waals surface area contributed by atoms with E-state index in [0.29, 0.717) is 16.9 Å². The minimum Gasteiger partial charge on any atom is -0.494 e. The predicted molar refractivity (Wildman–Crippen MR) is 148 cm³/mol. The van der Waals surface area contributed by atoms with E-state index in [1.54, 1.807) is 23.7 Å². The van der Waals surface area contributed by atoms with Crippen molar-refractivity contribution in [2.75, 3.05) is 20.7 Å². The molecular formula is C29H31FN6O5. The Labute approximate surface area is 236 Å². The molecule has 1 aromatic carbocycles. The molecule has 5 rings (SSSR count). The summed E-state index contributed by atoms with van der Waals surface area (Å²) >= 11 is 0. The molecule has 0 unspecified atom stereocenters. The first-order valence-electron chi connectivity index (χ1n) is 13.0. The van der Waals surface area contributed by atoms with Crippen molar-refractivity contribution in [3.05, 3.63) is 75.3 Å².